The van der Waals surface area contributed by atoms with Crippen molar-refractivity contribution in [3.05, 3.63) is 82.9 Å². The van der Waals surface area contributed by atoms with E-state index in [1.807, 2.05) is 18.2 Å². The Balaban J connectivity index is 1.51. The van der Waals surface area contributed by atoms with Crippen LogP contribution in [0, 0.1) is 0 Å². The molecule has 8 heteroatoms. The van der Waals surface area contributed by atoms with Gasteiger partial charge in [-0.1, -0.05) is 24.3 Å². The highest BCUT2D eigenvalue weighted by molar-refractivity contribution is 5.92. The molecule has 158 valence electrons. The van der Waals surface area contributed by atoms with Crippen molar-refractivity contribution in [2.24, 2.45) is 10.2 Å². The van der Waals surface area contributed by atoms with Crippen molar-refractivity contribution in [3.63, 3.8) is 0 Å². The molecule has 2 N–H and O–H groups in total. The van der Waals surface area contributed by atoms with Crippen LogP contribution in [-0.4, -0.2) is 23.0 Å². The number of azo groups is 1. The maximum atomic E-state index is 11.7. The molecule has 0 atom stereocenters. The van der Waals surface area contributed by atoms with Crippen molar-refractivity contribution in [2.75, 3.05) is 6.79 Å². The average Bonchev–Trinajstić information content (AvgIpc) is 2.82. The summed E-state index contributed by atoms with van der Waals surface area (Å²) in [5.74, 6) is -0.149. The summed E-state index contributed by atoms with van der Waals surface area (Å²) >= 11 is 0. The normalized spacial score (nSPS) is 12.9. The zero-order chi connectivity index (χ0) is 21.6. The molecule has 0 amide bonds. The molecule has 0 saturated heterocycles. The van der Waals surface area contributed by atoms with Gasteiger partial charge in [-0.05, 0) is 47.5 Å². The van der Waals surface area contributed by atoms with Crippen LogP contribution in [-0.2, 0) is 24.6 Å². The highest BCUT2D eigenvalue weighted by atomic mass is 16.7. The topological polar surface area (TPSA) is 110 Å². The lowest BCUT2D eigenvalue weighted by Gasteiger charge is -2.20. The van der Waals surface area contributed by atoms with E-state index in [0.717, 1.165) is 22.4 Å². The number of carboxylic acid groups (broad SMARTS) is 1. The van der Waals surface area contributed by atoms with Gasteiger partial charge < -0.3 is 24.4 Å². The van der Waals surface area contributed by atoms with Crippen molar-refractivity contribution in [3.8, 4) is 11.5 Å². The van der Waals surface area contributed by atoms with Gasteiger partial charge in [-0.3, -0.25) is 0 Å². The average molecular weight is 420 g/mol. The molecule has 31 heavy (non-hydrogen) atoms. The fourth-order valence-electron chi connectivity index (χ4n) is 3.11. The number of aliphatic hydroxyl groups is 1. The van der Waals surface area contributed by atoms with Gasteiger partial charge in [0.25, 0.3) is 0 Å². The van der Waals surface area contributed by atoms with Crippen LogP contribution in [0.4, 0.5) is 11.4 Å². The highest BCUT2D eigenvalue weighted by Gasteiger charge is 2.17. The van der Waals surface area contributed by atoms with Gasteiger partial charge in [0.15, 0.2) is 6.79 Å². The van der Waals surface area contributed by atoms with Gasteiger partial charge in [-0.2, -0.15) is 10.2 Å². The number of hydrogen-bond donors (Lipinski definition) is 2. The number of carboxylic acids is 1. The zero-order valence-electron chi connectivity index (χ0n) is 16.5. The van der Waals surface area contributed by atoms with E-state index >= 15 is 0 Å². The summed E-state index contributed by atoms with van der Waals surface area (Å²) in [5, 5.41) is 26.9. The van der Waals surface area contributed by atoms with Gasteiger partial charge >= 0.3 is 5.97 Å². The monoisotopic (exact) mass is 420 g/mol. The molecule has 0 bridgehead atoms. The summed E-state index contributed by atoms with van der Waals surface area (Å²) in [6.45, 7) is 0.752. The van der Waals surface area contributed by atoms with Crippen LogP contribution in [0.15, 0.2) is 70.9 Å². The van der Waals surface area contributed by atoms with Crippen molar-refractivity contribution in [1.29, 1.82) is 0 Å². The van der Waals surface area contributed by atoms with Gasteiger partial charge in [-0.15, -0.1) is 0 Å². The predicted octanol–water partition coefficient (Wildman–Crippen LogP) is 4.74. The molecular weight excluding hydrogens is 400 g/mol. The number of ether oxygens (including phenoxy) is 3. The largest absolute Gasteiger partial charge is 0.488 e. The van der Waals surface area contributed by atoms with E-state index in [2.05, 4.69) is 10.2 Å². The highest BCUT2D eigenvalue weighted by Crippen LogP contribution is 2.30. The minimum Gasteiger partial charge on any atom is -0.488 e. The molecule has 0 fully saturated rings. The van der Waals surface area contributed by atoms with E-state index in [4.69, 9.17) is 19.3 Å². The molecule has 0 spiro atoms. The summed E-state index contributed by atoms with van der Waals surface area (Å²) in [7, 11) is 0. The number of benzene rings is 3. The Bertz CT molecular complexity index is 1110. The molecule has 4 rings (SSSR count). The Morgan fingerprint density at radius 3 is 2.58 bits per heavy atom. The van der Waals surface area contributed by atoms with Gasteiger partial charge in [0.05, 0.1) is 24.6 Å². The molecule has 0 aromatic heterocycles. The maximum absolute atomic E-state index is 11.7. The van der Waals surface area contributed by atoms with E-state index in [1.54, 1.807) is 36.4 Å². The Hall–Kier alpha value is -3.75. The van der Waals surface area contributed by atoms with E-state index < -0.39 is 5.97 Å². The Labute approximate surface area is 178 Å². The molecular formula is C23H20N2O6. The zero-order valence-corrected chi connectivity index (χ0v) is 16.5. The van der Waals surface area contributed by atoms with Crippen LogP contribution in [0.5, 0.6) is 11.5 Å². The molecule has 1 aliphatic rings. The number of carbonyl (C=O) groups is 1. The number of rotatable bonds is 7. The number of aromatic carboxylic acids is 1. The molecule has 3 aromatic carbocycles. The molecule has 0 aliphatic carbocycles. The van der Waals surface area contributed by atoms with E-state index in [0.29, 0.717) is 18.0 Å². The first-order valence-corrected chi connectivity index (χ1v) is 9.57. The lowest BCUT2D eigenvalue weighted by molar-refractivity contribution is -0.0172. The first-order valence-electron chi connectivity index (χ1n) is 9.57. The fourth-order valence-corrected chi connectivity index (χ4v) is 3.11. The summed E-state index contributed by atoms with van der Waals surface area (Å²) < 4.78 is 16.6. The molecule has 0 saturated carbocycles. The SMILES string of the molecule is O=C(O)c1cc(N=Nc2ccc(CO)cc2)ccc1OCc1cccc2c1COCO2. The van der Waals surface area contributed by atoms with Gasteiger partial charge in [0.1, 0.15) is 23.7 Å². The van der Waals surface area contributed by atoms with Crippen molar-refractivity contribution in [2.45, 2.75) is 19.8 Å². The Morgan fingerprint density at radius 2 is 1.81 bits per heavy atom. The van der Waals surface area contributed by atoms with Crippen LogP contribution < -0.4 is 9.47 Å². The number of hydrogen-bond acceptors (Lipinski definition) is 7. The van der Waals surface area contributed by atoms with Crippen molar-refractivity contribution < 1.29 is 29.2 Å². The third-order valence-corrected chi connectivity index (χ3v) is 4.75. The van der Waals surface area contributed by atoms with Gasteiger partial charge in [0, 0.05) is 5.56 Å². The third-order valence-electron chi connectivity index (χ3n) is 4.75. The van der Waals surface area contributed by atoms with Crippen molar-refractivity contribution >= 4 is 17.3 Å². The van der Waals surface area contributed by atoms with Crippen LogP contribution in [0.2, 0.25) is 0 Å². The Kier molecular flexibility index (Phi) is 6.21. The van der Waals surface area contributed by atoms with E-state index in [9.17, 15) is 9.90 Å². The molecule has 0 radical (unpaired) electrons. The third kappa shape index (κ3) is 4.88. The lowest BCUT2D eigenvalue weighted by Crippen LogP contribution is -2.14. The van der Waals surface area contributed by atoms with Crippen molar-refractivity contribution in [1.82, 2.24) is 0 Å². The van der Waals surface area contributed by atoms with E-state index in [-0.39, 0.29) is 31.3 Å². The molecule has 0 unspecified atom stereocenters. The summed E-state index contributed by atoms with van der Waals surface area (Å²) in [6, 6.07) is 17.2. The standard InChI is InChI=1S/C23H20N2O6/c26-11-15-4-6-17(7-5-15)24-25-18-8-9-22(19(10-18)23(27)28)30-12-16-2-1-3-21-20(16)13-29-14-31-21/h1-10,26H,11-14H2,(H,27,28). The minimum absolute atomic E-state index is 0.00984. The van der Waals surface area contributed by atoms with Crippen LogP contribution in [0.3, 0.4) is 0 Å². The van der Waals surface area contributed by atoms with Gasteiger partial charge in [0.2, 0.25) is 0 Å². The predicted molar refractivity (Wildman–Crippen MR) is 111 cm³/mol. The molecule has 1 heterocycles. The molecule has 1 aliphatic heterocycles. The first kappa shape index (κ1) is 20.5. The second kappa shape index (κ2) is 9.38. The molecule has 3 aromatic rings. The lowest BCUT2D eigenvalue weighted by atomic mass is 10.1. The smallest absolute Gasteiger partial charge is 0.339 e. The summed E-state index contributed by atoms with van der Waals surface area (Å²) in [6.07, 6.45) is 0. The fraction of sp³-hybridized carbons (Fsp3) is 0.174. The quantitative estimate of drug-likeness (QED) is 0.534. The summed E-state index contributed by atoms with van der Waals surface area (Å²) in [5.41, 5.74) is 3.49. The van der Waals surface area contributed by atoms with Crippen LogP contribution in [0.1, 0.15) is 27.0 Å². The summed E-state index contributed by atoms with van der Waals surface area (Å²) in [4.78, 5) is 11.7. The number of aliphatic hydroxyl groups excluding tert-OH is 1. The maximum Gasteiger partial charge on any atom is 0.339 e. The molecule has 8 nitrogen and oxygen atoms in total. The Morgan fingerprint density at radius 1 is 1.03 bits per heavy atom. The number of nitrogens with zero attached hydrogens (tertiary/aromatic N) is 2. The van der Waals surface area contributed by atoms with Gasteiger partial charge in [-0.25, -0.2) is 4.79 Å². The van der Waals surface area contributed by atoms with Crippen LogP contribution in [0.25, 0.3) is 0 Å². The van der Waals surface area contributed by atoms with E-state index in [1.165, 1.54) is 6.07 Å². The second-order valence-electron chi connectivity index (χ2n) is 6.80. The first-order chi connectivity index (χ1) is 15.1. The van der Waals surface area contributed by atoms with Crippen LogP contribution >= 0.6 is 0 Å². The number of fused-ring (bicyclic) bond motifs is 1. The minimum atomic E-state index is -1.12. The second-order valence-corrected chi connectivity index (χ2v) is 6.80.